The van der Waals surface area contributed by atoms with Gasteiger partial charge in [-0.05, 0) is 19.1 Å². The van der Waals surface area contributed by atoms with E-state index in [-0.39, 0.29) is 0 Å². The zero-order valence-corrected chi connectivity index (χ0v) is 9.94. The van der Waals surface area contributed by atoms with Gasteiger partial charge in [-0.15, -0.1) is 23.1 Å². The first-order valence-electron chi connectivity index (χ1n) is 4.89. The monoisotopic (exact) mass is 234 g/mol. The highest BCUT2D eigenvalue weighted by atomic mass is 32.2. The van der Waals surface area contributed by atoms with Gasteiger partial charge in [0.1, 0.15) is 10.1 Å². The Morgan fingerprint density at radius 1 is 1.33 bits per heavy atom. The van der Waals surface area contributed by atoms with Gasteiger partial charge >= 0.3 is 0 Å². The van der Waals surface area contributed by atoms with Crippen LogP contribution in [-0.2, 0) is 0 Å². The lowest BCUT2D eigenvalue weighted by Gasteiger charge is -1.89. The summed E-state index contributed by atoms with van der Waals surface area (Å²) in [5.41, 5.74) is 1.08. The van der Waals surface area contributed by atoms with Gasteiger partial charge in [0.05, 0.1) is 16.3 Å². The Kier molecular flexibility index (Phi) is 2.25. The van der Waals surface area contributed by atoms with Crippen molar-refractivity contribution in [1.29, 1.82) is 0 Å². The van der Waals surface area contributed by atoms with Crippen LogP contribution in [0.1, 0.15) is 11.9 Å². The van der Waals surface area contributed by atoms with Crippen molar-refractivity contribution in [2.45, 2.75) is 13.0 Å². The molecule has 0 aliphatic carbocycles. The summed E-state index contributed by atoms with van der Waals surface area (Å²) in [6, 6.07) is 8.69. The summed E-state index contributed by atoms with van der Waals surface area (Å²) >= 11 is 3.55. The molecule has 0 fully saturated rings. The SMILES string of the molecule is CC1CSC(c2nc3ccccc3s2)=N1. The van der Waals surface area contributed by atoms with E-state index < -0.39 is 0 Å². The molecule has 4 heteroatoms. The Bertz CT molecular complexity index is 497. The molecule has 0 N–H and O–H groups in total. The van der Waals surface area contributed by atoms with E-state index in [0.717, 1.165) is 21.3 Å². The maximum Gasteiger partial charge on any atom is 0.149 e. The Balaban J connectivity index is 2.09. The molecule has 1 aliphatic rings. The van der Waals surface area contributed by atoms with Crippen LogP contribution in [0, 0.1) is 0 Å². The molecule has 1 aliphatic heterocycles. The number of benzene rings is 1. The highest BCUT2D eigenvalue weighted by Gasteiger charge is 2.18. The quantitative estimate of drug-likeness (QED) is 0.757. The van der Waals surface area contributed by atoms with Gasteiger partial charge in [-0.2, -0.15) is 0 Å². The number of nitrogens with zero attached hydrogens (tertiary/aromatic N) is 2. The maximum absolute atomic E-state index is 4.60. The second-order valence-corrected chi connectivity index (χ2v) is 5.62. The summed E-state index contributed by atoms with van der Waals surface area (Å²) in [6.45, 7) is 2.15. The van der Waals surface area contributed by atoms with Crippen LogP contribution in [-0.4, -0.2) is 21.8 Å². The van der Waals surface area contributed by atoms with E-state index in [9.17, 15) is 0 Å². The van der Waals surface area contributed by atoms with Crippen LogP contribution >= 0.6 is 23.1 Å². The molecule has 0 saturated carbocycles. The Labute approximate surface area is 96.4 Å². The van der Waals surface area contributed by atoms with Crippen LogP contribution in [0.15, 0.2) is 29.3 Å². The average Bonchev–Trinajstić information content (AvgIpc) is 2.82. The van der Waals surface area contributed by atoms with E-state index in [0.29, 0.717) is 6.04 Å². The summed E-state index contributed by atoms with van der Waals surface area (Å²) in [6.07, 6.45) is 0. The molecule has 1 aromatic carbocycles. The Hall–Kier alpha value is -0.870. The minimum atomic E-state index is 0.442. The number of hydrogen-bond acceptors (Lipinski definition) is 4. The second kappa shape index (κ2) is 3.61. The molecule has 1 atom stereocenters. The molecule has 2 aromatic rings. The third kappa shape index (κ3) is 1.68. The largest absolute Gasteiger partial charge is 0.271 e. The molecule has 2 nitrogen and oxygen atoms in total. The van der Waals surface area contributed by atoms with E-state index in [2.05, 4.69) is 35.1 Å². The van der Waals surface area contributed by atoms with E-state index in [1.807, 2.05) is 17.8 Å². The number of thioether (sulfide) groups is 1. The van der Waals surface area contributed by atoms with Crippen molar-refractivity contribution in [2.24, 2.45) is 4.99 Å². The van der Waals surface area contributed by atoms with Crippen LogP contribution in [0.2, 0.25) is 0 Å². The van der Waals surface area contributed by atoms with E-state index in [4.69, 9.17) is 0 Å². The lowest BCUT2D eigenvalue weighted by molar-refractivity contribution is 0.865. The van der Waals surface area contributed by atoms with Crippen molar-refractivity contribution in [2.75, 3.05) is 5.75 Å². The molecule has 0 saturated heterocycles. The zero-order valence-electron chi connectivity index (χ0n) is 8.30. The van der Waals surface area contributed by atoms with Gasteiger partial charge in [-0.25, -0.2) is 4.98 Å². The van der Waals surface area contributed by atoms with Crippen molar-refractivity contribution in [3.05, 3.63) is 29.3 Å². The smallest absolute Gasteiger partial charge is 0.149 e. The van der Waals surface area contributed by atoms with Crippen LogP contribution in [0.5, 0.6) is 0 Å². The van der Waals surface area contributed by atoms with Gasteiger partial charge in [0, 0.05) is 5.75 Å². The number of aliphatic imine (C=N–C) groups is 1. The molecule has 1 aromatic heterocycles. The normalized spacial score (nSPS) is 20.9. The highest BCUT2D eigenvalue weighted by molar-refractivity contribution is 8.15. The van der Waals surface area contributed by atoms with Gasteiger partial charge in [-0.1, -0.05) is 12.1 Å². The van der Waals surface area contributed by atoms with Crippen molar-refractivity contribution < 1.29 is 0 Å². The molecule has 0 radical (unpaired) electrons. The summed E-state index contributed by atoms with van der Waals surface area (Å²) in [4.78, 5) is 9.18. The number of hydrogen-bond donors (Lipinski definition) is 0. The van der Waals surface area contributed by atoms with Gasteiger partial charge in [-0.3, -0.25) is 4.99 Å². The van der Waals surface area contributed by atoms with Crippen molar-refractivity contribution >= 4 is 38.4 Å². The van der Waals surface area contributed by atoms with Crippen molar-refractivity contribution in [3.8, 4) is 0 Å². The number of fused-ring (bicyclic) bond motifs is 1. The first kappa shape index (κ1) is 9.36. The third-order valence-electron chi connectivity index (χ3n) is 2.28. The molecular weight excluding hydrogens is 224 g/mol. The standard InChI is InChI=1S/C11H10N2S2/c1-7-6-14-10(12-7)11-13-8-4-2-3-5-9(8)15-11/h2-5,7H,6H2,1H3. The summed E-state index contributed by atoms with van der Waals surface area (Å²) in [7, 11) is 0. The minimum Gasteiger partial charge on any atom is -0.271 e. The highest BCUT2D eigenvalue weighted by Crippen LogP contribution is 2.29. The first-order valence-corrected chi connectivity index (χ1v) is 6.70. The van der Waals surface area contributed by atoms with Crippen LogP contribution in [0.3, 0.4) is 0 Å². The topological polar surface area (TPSA) is 25.2 Å². The lowest BCUT2D eigenvalue weighted by atomic mass is 10.3. The van der Waals surface area contributed by atoms with Gasteiger partial charge in [0.2, 0.25) is 0 Å². The molecule has 15 heavy (non-hydrogen) atoms. The van der Waals surface area contributed by atoms with Crippen LogP contribution in [0.25, 0.3) is 10.2 Å². The van der Waals surface area contributed by atoms with Crippen LogP contribution < -0.4 is 0 Å². The summed E-state index contributed by atoms with van der Waals surface area (Å²) < 4.78 is 1.25. The third-order valence-corrected chi connectivity index (χ3v) is 4.67. The molecular formula is C11H10N2S2. The van der Waals surface area contributed by atoms with Gasteiger partial charge in [0.25, 0.3) is 0 Å². The number of thiazole rings is 1. The first-order chi connectivity index (χ1) is 7.33. The van der Waals surface area contributed by atoms with Gasteiger partial charge < -0.3 is 0 Å². The molecule has 76 valence electrons. The zero-order chi connectivity index (χ0) is 10.3. The fraction of sp³-hybridized carbons (Fsp3) is 0.273. The molecule has 0 bridgehead atoms. The van der Waals surface area contributed by atoms with E-state index in [1.54, 1.807) is 11.3 Å². The molecule has 3 rings (SSSR count). The summed E-state index contributed by atoms with van der Waals surface area (Å²) in [5.74, 6) is 1.09. The van der Waals surface area contributed by atoms with E-state index >= 15 is 0 Å². The second-order valence-electron chi connectivity index (χ2n) is 3.58. The Morgan fingerprint density at radius 2 is 2.20 bits per heavy atom. The maximum atomic E-state index is 4.60. The lowest BCUT2D eigenvalue weighted by Crippen LogP contribution is -1.93. The van der Waals surface area contributed by atoms with Crippen molar-refractivity contribution in [1.82, 2.24) is 4.98 Å². The minimum absolute atomic E-state index is 0.442. The fourth-order valence-electron chi connectivity index (χ4n) is 1.55. The number of rotatable bonds is 1. The fourth-order valence-corrected chi connectivity index (χ4v) is 3.61. The predicted molar refractivity (Wildman–Crippen MR) is 68.1 cm³/mol. The number of aromatic nitrogens is 1. The Morgan fingerprint density at radius 3 is 2.93 bits per heavy atom. The molecule has 2 heterocycles. The van der Waals surface area contributed by atoms with E-state index in [1.165, 1.54) is 4.70 Å². The predicted octanol–water partition coefficient (Wildman–Crippen LogP) is 3.18. The average molecular weight is 234 g/mol. The molecule has 0 spiro atoms. The number of para-hydroxylation sites is 1. The van der Waals surface area contributed by atoms with Crippen LogP contribution in [0.4, 0.5) is 0 Å². The van der Waals surface area contributed by atoms with Gasteiger partial charge in [0.15, 0.2) is 0 Å². The van der Waals surface area contributed by atoms with Crippen molar-refractivity contribution in [3.63, 3.8) is 0 Å². The summed E-state index contributed by atoms with van der Waals surface area (Å²) in [5, 5.41) is 2.19. The molecule has 1 unspecified atom stereocenters. The molecule has 0 amide bonds.